The molecule has 0 spiro atoms. The predicted molar refractivity (Wildman–Crippen MR) is 86.5 cm³/mol. The van der Waals surface area contributed by atoms with Crippen LogP contribution in [0.2, 0.25) is 0 Å². The molecule has 1 unspecified atom stereocenters. The fraction of sp³-hybridized carbons (Fsp3) is 0.500. The van der Waals surface area contributed by atoms with Crippen molar-refractivity contribution in [1.82, 2.24) is 4.90 Å². The molecule has 1 aliphatic heterocycles. The van der Waals surface area contributed by atoms with Crippen LogP contribution in [0.15, 0.2) is 18.2 Å². The standard InChI is InChI=1S/C18H23NO4/c1-12-6-7-13(2)14(11-12)16(20)8-9-17(21)19-10-4-3-5-15(19)18(22)23/h6-7,11,15H,3-5,8-10H2,1-2H3,(H,22,23). The minimum atomic E-state index is -0.959. The summed E-state index contributed by atoms with van der Waals surface area (Å²) in [6.07, 6.45) is 2.32. The number of carbonyl (C=O) groups excluding carboxylic acids is 2. The van der Waals surface area contributed by atoms with E-state index in [2.05, 4.69) is 0 Å². The van der Waals surface area contributed by atoms with Crippen molar-refractivity contribution >= 4 is 17.7 Å². The summed E-state index contributed by atoms with van der Waals surface area (Å²) in [5.41, 5.74) is 2.55. The second-order valence-corrected chi connectivity index (χ2v) is 6.18. The first-order valence-corrected chi connectivity index (χ1v) is 8.03. The molecule has 1 amide bonds. The van der Waals surface area contributed by atoms with E-state index < -0.39 is 12.0 Å². The number of hydrogen-bond acceptors (Lipinski definition) is 3. The first-order chi connectivity index (χ1) is 10.9. The Morgan fingerprint density at radius 2 is 1.91 bits per heavy atom. The first-order valence-electron chi connectivity index (χ1n) is 8.03. The number of carbonyl (C=O) groups is 3. The molecule has 0 aliphatic carbocycles. The van der Waals surface area contributed by atoms with Gasteiger partial charge < -0.3 is 10.0 Å². The number of likely N-dealkylation sites (tertiary alicyclic amines) is 1. The molecule has 0 bridgehead atoms. The average Bonchev–Trinajstić information content (AvgIpc) is 2.54. The van der Waals surface area contributed by atoms with Crippen molar-refractivity contribution in [3.8, 4) is 0 Å². The molecule has 1 saturated heterocycles. The van der Waals surface area contributed by atoms with Gasteiger partial charge in [0.2, 0.25) is 5.91 Å². The highest BCUT2D eigenvalue weighted by Gasteiger charge is 2.31. The lowest BCUT2D eigenvalue weighted by molar-refractivity contribution is -0.152. The fourth-order valence-corrected chi connectivity index (χ4v) is 3.02. The van der Waals surface area contributed by atoms with Gasteiger partial charge in [-0.25, -0.2) is 4.79 Å². The molecule has 1 atom stereocenters. The van der Waals surface area contributed by atoms with Crippen LogP contribution in [0.5, 0.6) is 0 Å². The highest BCUT2D eigenvalue weighted by Crippen LogP contribution is 2.20. The Labute approximate surface area is 136 Å². The van der Waals surface area contributed by atoms with Gasteiger partial charge in [-0.05, 0) is 44.7 Å². The molecule has 1 N–H and O–H groups in total. The van der Waals surface area contributed by atoms with Gasteiger partial charge in [-0.15, -0.1) is 0 Å². The zero-order valence-electron chi connectivity index (χ0n) is 13.7. The van der Waals surface area contributed by atoms with E-state index in [0.717, 1.165) is 24.0 Å². The van der Waals surface area contributed by atoms with Crippen LogP contribution >= 0.6 is 0 Å². The Kier molecular flexibility index (Phi) is 5.53. The van der Waals surface area contributed by atoms with Crippen LogP contribution in [0, 0.1) is 13.8 Å². The number of rotatable bonds is 5. The normalized spacial score (nSPS) is 17.8. The molecule has 5 nitrogen and oxygen atoms in total. The Bertz CT molecular complexity index is 623. The van der Waals surface area contributed by atoms with Gasteiger partial charge in [-0.3, -0.25) is 9.59 Å². The molecule has 1 fully saturated rings. The van der Waals surface area contributed by atoms with Gasteiger partial charge in [0.1, 0.15) is 6.04 Å². The van der Waals surface area contributed by atoms with Gasteiger partial charge in [0.15, 0.2) is 5.78 Å². The summed E-state index contributed by atoms with van der Waals surface area (Å²) < 4.78 is 0. The lowest BCUT2D eigenvalue weighted by Gasteiger charge is -2.33. The van der Waals surface area contributed by atoms with Crippen LogP contribution in [0.4, 0.5) is 0 Å². The van der Waals surface area contributed by atoms with Crippen LogP contribution in [0.1, 0.15) is 53.6 Å². The number of carboxylic acids is 1. The van der Waals surface area contributed by atoms with E-state index >= 15 is 0 Å². The van der Waals surface area contributed by atoms with Crippen LogP contribution < -0.4 is 0 Å². The Morgan fingerprint density at radius 1 is 1.17 bits per heavy atom. The van der Waals surface area contributed by atoms with Crippen LogP contribution in [0.25, 0.3) is 0 Å². The molecule has 5 heteroatoms. The van der Waals surface area contributed by atoms with Crippen LogP contribution in [-0.4, -0.2) is 40.3 Å². The molecule has 1 heterocycles. The zero-order chi connectivity index (χ0) is 17.0. The monoisotopic (exact) mass is 317 g/mol. The van der Waals surface area contributed by atoms with Gasteiger partial charge in [0, 0.05) is 24.9 Å². The molecule has 0 radical (unpaired) electrons. The van der Waals surface area contributed by atoms with Crippen LogP contribution in [-0.2, 0) is 9.59 Å². The fourth-order valence-electron chi connectivity index (χ4n) is 3.02. The summed E-state index contributed by atoms with van der Waals surface area (Å²) in [6, 6.07) is 4.94. The third kappa shape index (κ3) is 4.18. The lowest BCUT2D eigenvalue weighted by Crippen LogP contribution is -2.48. The summed E-state index contributed by atoms with van der Waals surface area (Å²) in [4.78, 5) is 37.3. The number of Topliss-reactive ketones (excluding diaryl/α,β-unsaturated/α-hetero) is 1. The van der Waals surface area contributed by atoms with E-state index in [1.165, 1.54) is 4.90 Å². The van der Waals surface area contributed by atoms with Gasteiger partial charge in [-0.2, -0.15) is 0 Å². The maximum absolute atomic E-state index is 12.3. The number of ketones is 1. The van der Waals surface area contributed by atoms with Gasteiger partial charge in [0.25, 0.3) is 0 Å². The minimum Gasteiger partial charge on any atom is -0.480 e. The lowest BCUT2D eigenvalue weighted by atomic mass is 9.98. The molecule has 0 aromatic heterocycles. The van der Waals surface area contributed by atoms with Crippen molar-refractivity contribution in [3.05, 3.63) is 34.9 Å². The smallest absolute Gasteiger partial charge is 0.326 e. The van der Waals surface area contributed by atoms with E-state index in [4.69, 9.17) is 0 Å². The second kappa shape index (κ2) is 7.40. The SMILES string of the molecule is Cc1ccc(C)c(C(=O)CCC(=O)N2CCCCC2C(=O)O)c1. The largest absolute Gasteiger partial charge is 0.480 e. The Balaban J connectivity index is 1.99. The molecule has 1 aliphatic rings. The molecular formula is C18H23NO4. The number of piperidine rings is 1. The van der Waals surface area contributed by atoms with Gasteiger partial charge >= 0.3 is 5.97 Å². The third-order valence-corrected chi connectivity index (χ3v) is 4.37. The van der Waals surface area contributed by atoms with Crippen molar-refractivity contribution < 1.29 is 19.5 Å². The highest BCUT2D eigenvalue weighted by molar-refractivity contribution is 5.99. The van der Waals surface area contributed by atoms with Crippen molar-refractivity contribution in [2.75, 3.05) is 6.54 Å². The van der Waals surface area contributed by atoms with E-state index in [-0.39, 0.29) is 24.5 Å². The first kappa shape index (κ1) is 17.2. The van der Waals surface area contributed by atoms with Gasteiger partial charge in [-0.1, -0.05) is 17.7 Å². The molecule has 2 rings (SSSR count). The molecule has 23 heavy (non-hydrogen) atoms. The number of aliphatic carboxylic acids is 1. The number of nitrogens with zero attached hydrogens (tertiary/aromatic N) is 1. The molecule has 1 aromatic rings. The molecule has 0 saturated carbocycles. The Morgan fingerprint density at radius 3 is 2.61 bits per heavy atom. The van der Waals surface area contributed by atoms with E-state index in [1.807, 2.05) is 32.0 Å². The quantitative estimate of drug-likeness (QED) is 0.847. The summed E-state index contributed by atoms with van der Waals surface area (Å²) in [5.74, 6) is -1.27. The minimum absolute atomic E-state index is 0.0655. The summed E-state index contributed by atoms with van der Waals surface area (Å²) >= 11 is 0. The van der Waals surface area contributed by atoms with Crippen molar-refractivity contribution in [3.63, 3.8) is 0 Å². The van der Waals surface area contributed by atoms with E-state index in [1.54, 1.807) is 0 Å². The summed E-state index contributed by atoms with van der Waals surface area (Å²) in [6.45, 7) is 4.26. The third-order valence-electron chi connectivity index (χ3n) is 4.37. The Hall–Kier alpha value is -2.17. The molecule has 124 valence electrons. The number of benzene rings is 1. The maximum Gasteiger partial charge on any atom is 0.326 e. The summed E-state index contributed by atoms with van der Waals surface area (Å²) in [7, 11) is 0. The second-order valence-electron chi connectivity index (χ2n) is 6.18. The van der Waals surface area contributed by atoms with Gasteiger partial charge in [0.05, 0.1) is 0 Å². The molecular weight excluding hydrogens is 294 g/mol. The van der Waals surface area contributed by atoms with E-state index in [0.29, 0.717) is 18.5 Å². The number of hydrogen-bond donors (Lipinski definition) is 1. The predicted octanol–water partition coefficient (Wildman–Crippen LogP) is 2.73. The summed E-state index contributed by atoms with van der Waals surface area (Å²) in [5, 5.41) is 9.22. The zero-order valence-corrected chi connectivity index (χ0v) is 13.7. The number of amides is 1. The van der Waals surface area contributed by atoms with Crippen molar-refractivity contribution in [2.45, 2.75) is 52.0 Å². The number of aryl methyl sites for hydroxylation is 2. The van der Waals surface area contributed by atoms with E-state index in [9.17, 15) is 19.5 Å². The van der Waals surface area contributed by atoms with Crippen molar-refractivity contribution in [1.29, 1.82) is 0 Å². The van der Waals surface area contributed by atoms with Crippen molar-refractivity contribution in [2.24, 2.45) is 0 Å². The van der Waals surface area contributed by atoms with Crippen LogP contribution in [0.3, 0.4) is 0 Å². The average molecular weight is 317 g/mol. The highest BCUT2D eigenvalue weighted by atomic mass is 16.4. The maximum atomic E-state index is 12.3. The number of carboxylic acid groups (broad SMARTS) is 1. The molecule has 1 aromatic carbocycles. The topological polar surface area (TPSA) is 74.7 Å².